The lowest BCUT2D eigenvalue weighted by Crippen LogP contribution is -2.37. The molecule has 0 spiro atoms. The maximum atomic E-state index is 13.8. The first kappa shape index (κ1) is 67.6. The van der Waals surface area contributed by atoms with Crippen LogP contribution in [0.3, 0.4) is 0 Å². The Labute approximate surface area is 433 Å². The molecule has 70 heavy (non-hydrogen) atoms. The maximum absolute atomic E-state index is 13.8. The molecule has 0 radical (unpaired) electrons. The van der Waals surface area contributed by atoms with E-state index in [0.29, 0.717) is 32.4 Å². The predicted molar refractivity (Wildman–Crippen MR) is 293 cm³/mol. The van der Waals surface area contributed by atoms with E-state index in [1.54, 1.807) is 4.90 Å². The number of unbranched alkanes of at least 4 members (excludes halogenated alkanes) is 22. The van der Waals surface area contributed by atoms with Crippen molar-refractivity contribution in [1.29, 1.82) is 0 Å². The van der Waals surface area contributed by atoms with Gasteiger partial charge < -0.3 is 28.7 Å². The Kier molecular flexibility index (Phi) is 48.5. The molecule has 0 bridgehead atoms. The Morgan fingerprint density at radius 3 is 0.943 bits per heavy atom. The Morgan fingerprint density at radius 1 is 0.314 bits per heavy atom. The maximum Gasteiger partial charge on any atom is 0.410 e. The summed E-state index contributed by atoms with van der Waals surface area (Å²) in [5.74, 6) is -0.246. The molecule has 0 atom stereocenters. The molecule has 0 aliphatic rings. The van der Waals surface area contributed by atoms with Gasteiger partial charge in [-0.25, -0.2) is 4.79 Å². The third-order valence-corrected chi connectivity index (χ3v) is 14.0. The van der Waals surface area contributed by atoms with E-state index in [1.165, 1.54) is 77.0 Å². The first-order valence-corrected chi connectivity index (χ1v) is 30.2. The number of nitrogens with zero attached hydrogens (tertiary/aromatic N) is 2. The van der Waals surface area contributed by atoms with E-state index in [-0.39, 0.29) is 54.8 Å². The topological polar surface area (TPSA) is 112 Å². The summed E-state index contributed by atoms with van der Waals surface area (Å²) in [6.07, 6.45) is 41.3. The molecule has 0 rings (SSSR count). The van der Waals surface area contributed by atoms with Crippen molar-refractivity contribution in [2.75, 3.05) is 33.7 Å². The first-order valence-electron chi connectivity index (χ1n) is 30.2. The number of carbonyl (C=O) groups is 4. The number of ether oxygens (including phenoxy) is 4. The molecule has 10 nitrogen and oxygen atoms in total. The molecule has 0 aromatic rings. The van der Waals surface area contributed by atoms with Gasteiger partial charge in [0.25, 0.3) is 0 Å². The van der Waals surface area contributed by atoms with Gasteiger partial charge in [0.15, 0.2) is 0 Å². The normalized spacial score (nSPS) is 11.7. The van der Waals surface area contributed by atoms with Crippen LogP contribution in [0.2, 0.25) is 0 Å². The summed E-state index contributed by atoms with van der Waals surface area (Å²) >= 11 is 0. The molecule has 0 aliphatic heterocycles. The minimum Gasteiger partial charge on any atom is -0.462 e. The van der Waals surface area contributed by atoms with Crippen LogP contribution in [0.15, 0.2) is 0 Å². The van der Waals surface area contributed by atoms with Gasteiger partial charge in [-0.2, -0.15) is 0 Å². The summed E-state index contributed by atoms with van der Waals surface area (Å²) in [6.45, 7) is 14.9. The van der Waals surface area contributed by atoms with E-state index >= 15 is 0 Å². The van der Waals surface area contributed by atoms with Crippen molar-refractivity contribution < 1.29 is 38.1 Å². The van der Waals surface area contributed by atoms with E-state index in [2.05, 4.69) is 32.6 Å². The standard InChI is InChI=1S/C60H116N2O8/c1-9-15-19-31-41-54(42-32-20-16-10-2)68-57(63)47-37-29-25-23-27-35-45-56(70-60(66)62(52-40-50-61(7)8)51-39-49-59(65)67-53(13-5)14-6)46-36-28-24-26-30-38-48-58(64)69-55(43-33-21-17-11-3)44-34-22-18-12-4/h53-56H,9-52H2,1-8H3. The summed E-state index contributed by atoms with van der Waals surface area (Å²) in [6, 6.07) is 0. The largest absolute Gasteiger partial charge is 0.462 e. The van der Waals surface area contributed by atoms with Gasteiger partial charge in [-0.15, -0.1) is 0 Å². The van der Waals surface area contributed by atoms with Crippen LogP contribution in [0.1, 0.15) is 305 Å². The highest BCUT2D eigenvalue weighted by Gasteiger charge is 2.22. The number of hydrogen-bond acceptors (Lipinski definition) is 9. The molecule has 10 heteroatoms. The van der Waals surface area contributed by atoms with Crippen molar-refractivity contribution in [2.24, 2.45) is 0 Å². The third kappa shape index (κ3) is 43.2. The van der Waals surface area contributed by atoms with E-state index in [4.69, 9.17) is 18.9 Å². The van der Waals surface area contributed by atoms with Crippen molar-refractivity contribution in [1.82, 2.24) is 9.80 Å². The highest BCUT2D eigenvalue weighted by Crippen LogP contribution is 2.22. The monoisotopic (exact) mass is 993 g/mol. The number of hydrogen-bond donors (Lipinski definition) is 0. The zero-order chi connectivity index (χ0) is 51.7. The summed E-state index contributed by atoms with van der Waals surface area (Å²) in [7, 11) is 4.08. The second-order valence-electron chi connectivity index (χ2n) is 21.1. The quantitative estimate of drug-likeness (QED) is 0.0334. The van der Waals surface area contributed by atoms with E-state index in [1.807, 2.05) is 27.9 Å². The molecule has 0 aromatic carbocycles. The summed E-state index contributed by atoms with van der Waals surface area (Å²) < 4.78 is 24.0. The van der Waals surface area contributed by atoms with Crippen LogP contribution in [0.25, 0.3) is 0 Å². The lowest BCUT2D eigenvalue weighted by atomic mass is 10.0. The number of esters is 3. The molecule has 0 saturated heterocycles. The molecular formula is C60H116N2O8. The molecule has 0 aliphatic carbocycles. The highest BCUT2D eigenvalue weighted by atomic mass is 16.6. The summed E-state index contributed by atoms with van der Waals surface area (Å²) in [4.78, 5) is 56.0. The lowest BCUT2D eigenvalue weighted by molar-refractivity contribution is -0.151. The molecule has 0 unspecified atom stereocenters. The van der Waals surface area contributed by atoms with Gasteiger partial charge in [-0.3, -0.25) is 14.4 Å². The van der Waals surface area contributed by atoms with Gasteiger partial charge in [0, 0.05) is 32.4 Å². The van der Waals surface area contributed by atoms with Crippen molar-refractivity contribution in [3.05, 3.63) is 0 Å². The molecule has 1 amide bonds. The van der Waals surface area contributed by atoms with Crippen molar-refractivity contribution >= 4 is 24.0 Å². The van der Waals surface area contributed by atoms with Crippen LogP contribution in [0.5, 0.6) is 0 Å². The average Bonchev–Trinajstić information content (AvgIpc) is 3.34. The first-order chi connectivity index (χ1) is 34.0. The van der Waals surface area contributed by atoms with Gasteiger partial charge in [0.05, 0.1) is 0 Å². The molecule has 0 aromatic heterocycles. The average molecular weight is 994 g/mol. The summed E-state index contributed by atoms with van der Waals surface area (Å²) in [5.41, 5.74) is 0. The lowest BCUT2D eigenvalue weighted by Gasteiger charge is -2.26. The Hall–Kier alpha value is -2.36. The second kappa shape index (κ2) is 50.2. The van der Waals surface area contributed by atoms with Crippen LogP contribution in [0, 0.1) is 0 Å². The fourth-order valence-electron chi connectivity index (χ4n) is 9.37. The van der Waals surface area contributed by atoms with E-state index in [0.717, 1.165) is 167 Å². The number of amides is 1. The van der Waals surface area contributed by atoms with Gasteiger partial charge in [0.1, 0.15) is 24.4 Å². The fourth-order valence-corrected chi connectivity index (χ4v) is 9.37. The zero-order valence-electron chi connectivity index (χ0n) is 47.6. The van der Waals surface area contributed by atoms with Gasteiger partial charge in [-0.05, 0) is 136 Å². The van der Waals surface area contributed by atoms with Gasteiger partial charge in [0.2, 0.25) is 0 Å². The van der Waals surface area contributed by atoms with Crippen molar-refractivity contribution in [2.45, 2.75) is 329 Å². The second-order valence-corrected chi connectivity index (χ2v) is 21.1. The number of carbonyl (C=O) groups excluding carboxylic acids is 4. The molecule has 414 valence electrons. The van der Waals surface area contributed by atoms with Crippen LogP contribution >= 0.6 is 0 Å². The van der Waals surface area contributed by atoms with Crippen molar-refractivity contribution in [3.63, 3.8) is 0 Å². The Bertz CT molecular complexity index is 1110. The smallest absolute Gasteiger partial charge is 0.410 e. The molecule has 0 heterocycles. The van der Waals surface area contributed by atoms with Crippen LogP contribution in [-0.4, -0.2) is 91.9 Å². The third-order valence-electron chi connectivity index (χ3n) is 14.0. The fraction of sp³-hybridized carbons (Fsp3) is 0.933. The van der Waals surface area contributed by atoms with Crippen LogP contribution in [-0.2, 0) is 33.3 Å². The summed E-state index contributed by atoms with van der Waals surface area (Å²) in [5, 5.41) is 0. The molecule has 0 saturated carbocycles. The highest BCUT2D eigenvalue weighted by molar-refractivity contribution is 5.70. The molecule has 0 N–H and O–H groups in total. The SMILES string of the molecule is CCCCCCC(CCCCCC)OC(=O)CCCCCCCCC(CCCCCCCCC(=O)OC(CCCCCC)CCCCCC)OC(=O)N(CCCC(=O)OC(CC)CC)CCCN(C)C. The minimum atomic E-state index is -0.274. The molecular weight excluding hydrogens is 877 g/mol. The van der Waals surface area contributed by atoms with Crippen LogP contribution in [0.4, 0.5) is 4.79 Å². The zero-order valence-corrected chi connectivity index (χ0v) is 47.6. The van der Waals surface area contributed by atoms with Crippen LogP contribution < -0.4 is 0 Å². The van der Waals surface area contributed by atoms with Gasteiger partial charge in [-0.1, -0.05) is 170 Å². The van der Waals surface area contributed by atoms with E-state index < -0.39 is 0 Å². The Morgan fingerprint density at radius 2 is 0.600 bits per heavy atom. The predicted octanol–water partition coefficient (Wildman–Crippen LogP) is 17.2. The minimum absolute atomic E-state index is 0.0250. The van der Waals surface area contributed by atoms with Gasteiger partial charge >= 0.3 is 24.0 Å². The van der Waals surface area contributed by atoms with E-state index in [9.17, 15) is 19.2 Å². The van der Waals surface area contributed by atoms with Crippen molar-refractivity contribution in [3.8, 4) is 0 Å². The molecule has 0 fully saturated rings. The Balaban J connectivity index is 5.19. The number of rotatable bonds is 52.